The predicted molar refractivity (Wildman–Crippen MR) is 128 cm³/mol. The van der Waals surface area contributed by atoms with Crippen LogP contribution < -0.4 is 15.4 Å². The standard InChI is InChI=1S/C23H23N3O3S2/c1-15-4-6-18(7-5-15)22(27)25-23(30)24-19-8-10-21(11-9-19)31(28,29)26-20-13-16(2)12-17(3)14-20/h4-14,26H,1-3H3,(H2,24,25,27,30). The van der Waals surface area contributed by atoms with E-state index in [9.17, 15) is 13.2 Å². The van der Waals surface area contributed by atoms with Crippen molar-refractivity contribution in [2.45, 2.75) is 25.7 Å². The molecule has 0 aliphatic carbocycles. The largest absolute Gasteiger partial charge is 0.332 e. The lowest BCUT2D eigenvalue weighted by Gasteiger charge is -2.12. The predicted octanol–water partition coefficient (Wildman–Crippen LogP) is 4.54. The molecule has 0 saturated heterocycles. The van der Waals surface area contributed by atoms with Crippen molar-refractivity contribution in [3.63, 3.8) is 0 Å². The van der Waals surface area contributed by atoms with E-state index in [1.807, 2.05) is 39.0 Å². The van der Waals surface area contributed by atoms with E-state index in [2.05, 4.69) is 15.4 Å². The maximum absolute atomic E-state index is 12.7. The van der Waals surface area contributed by atoms with Crippen LogP contribution in [0.2, 0.25) is 0 Å². The summed E-state index contributed by atoms with van der Waals surface area (Å²) in [4.78, 5) is 12.4. The van der Waals surface area contributed by atoms with Crippen molar-refractivity contribution in [2.75, 3.05) is 10.0 Å². The summed E-state index contributed by atoms with van der Waals surface area (Å²) in [5, 5.41) is 5.60. The van der Waals surface area contributed by atoms with Gasteiger partial charge in [0.1, 0.15) is 0 Å². The molecule has 3 rings (SSSR count). The van der Waals surface area contributed by atoms with E-state index in [-0.39, 0.29) is 15.9 Å². The Morgan fingerprint density at radius 3 is 1.94 bits per heavy atom. The van der Waals surface area contributed by atoms with Gasteiger partial charge in [-0.2, -0.15) is 0 Å². The average Bonchev–Trinajstić information content (AvgIpc) is 2.67. The Morgan fingerprint density at radius 1 is 0.774 bits per heavy atom. The molecule has 3 aromatic rings. The Labute approximate surface area is 187 Å². The molecular formula is C23H23N3O3S2. The van der Waals surface area contributed by atoms with E-state index in [0.29, 0.717) is 16.9 Å². The van der Waals surface area contributed by atoms with E-state index in [1.165, 1.54) is 12.1 Å². The number of hydrogen-bond donors (Lipinski definition) is 3. The maximum Gasteiger partial charge on any atom is 0.261 e. The number of thiocarbonyl (C=S) groups is 1. The van der Waals surface area contributed by atoms with Crippen LogP contribution >= 0.6 is 12.2 Å². The molecule has 0 aliphatic rings. The first-order valence-electron chi connectivity index (χ1n) is 9.52. The zero-order valence-electron chi connectivity index (χ0n) is 17.4. The van der Waals surface area contributed by atoms with Crippen LogP contribution in [0.4, 0.5) is 11.4 Å². The number of rotatable bonds is 5. The fourth-order valence-electron chi connectivity index (χ4n) is 3.01. The van der Waals surface area contributed by atoms with E-state index < -0.39 is 10.0 Å². The Hall–Kier alpha value is -3.23. The van der Waals surface area contributed by atoms with Gasteiger partial charge in [-0.05, 0) is 92.6 Å². The van der Waals surface area contributed by atoms with Crippen molar-refractivity contribution >= 4 is 44.6 Å². The van der Waals surface area contributed by atoms with Crippen molar-refractivity contribution in [3.05, 3.63) is 89.0 Å². The molecule has 3 aromatic carbocycles. The van der Waals surface area contributed by atoms with Crippen molar-refractivity contribution in [2.24, 2.45) is 0 Å². The lowest BCUT2D eigenvalue weighted by molar-refractivity contribution is 0.0977. The SMILES string of the molecule is Cc1ccc(C(=O)NC(=S)Nc2ccc(S(=O)(=O)Nc3cc(C)cc(C)c3)cc2)cc1. The molecule has 8 heteroatoms. The fraction of sp³-hybridized carbons (Fsp3) is 0.130. The highest BCUT2D eigenvalue weighted by atomic mass is 32.2. The number of carbonyl (C=O) groups is 1. The number of anilines is 2. The summed E-state index contributed by atoms with van der Waals surface area (Å²) in [6.07, 6.45) is 0. The summed E-state index contributed by atoms with van der Waals surface area (Å²) >= 11 is 5.18. The topological polar surface area (TPSA) is 87.3 Å². The summed E-state index contributed by atoms with van der Waals surface area (Å²) in [6.45, 7) is 5.76. The van der Waals surface area contributed by atoms with Gasteiger partial charge in [0.25, 0.3) is 15.9 Å². The van der Waals surface area contributed by atoms with E-state index in [4.69, 9.17) is 12.2 Å². The van der Waals surface area contributed by atoms with Crippen molar-refractivity contribution in [3.8, 4) is 0 Å². The molecule has 160 valence electrons. The molecule has 31 heavy (non-hydrogen) atoms. The van der Waals surface area contributed by atoms with Crippen LogP contribution in [0.15, 0.2) is 71.6 Å². The molecule has 0 radical (unpaired) electrons. The van der Waals surface area contributed by atoms with Gasteiger partial charge >= 0.3 is 0 Å². The minimum atomic E-state index is -3.73. The summed E-state index contributed by atoms with van der Waals surface area (Å²) in [5.74, 6) is -0.325. The lowest BCUT2D eigenvalue weighted by atomic mass is 10.1. The Bertz CT molecular complexity index is 1200. The minimum Gasteiger partial charge on any atom is -0.332 e. The number of benzene rings is 3. The van der Waals surface area contributed by atoms with Crippen LogP contribution in [-0.4, -0.2) is 19.4 Å². The summed E-state index contributed by atoms with van der Waals surface area (Å²) in [6, 6.07) is 18.7. The van der Waals surface area contributed by atoms with Crippen molar-refractivity contribution in [1.29, 1.82) is 0 Å². The van der Waals surface area contributed by atoms with Gasteiger partial charge in [0.2, 0.25) is 0 Å². The second-order valence-electron chi connectivity index (χ2n) is 7.28. The highest BCUT2D eigenvalue weighted by molar-refractivity contribution is 7.92. The quantitative estimate of drug-likeness (QED) is 0.494. The smallest absolute Gasteiger partial charge is 0.261 e. The van der Waals surface area contributed by atoms with Gasteiger partial charge in [-0.15, -0.1) is 0 Å². The van der Waals surface area contributed by atoms with Crippen molar-refractivity contribution < 1.29 is 13.2 Å². The van der Waals surface area contributed by atoms with Crippen LogP contribution in [0.1, 0.15) is 27.0 Å². The van der Waals surface area contributed by atoms with Gasteiger partial charge in [0, 0.05) is 16.9 Å². The average molecular weight is 454 g/mol. The molecule has 0 saturated carbocycles. The molecule has 1 amide bonds. The van der Waals surface area contributed by atoms with Gasteiger partial charge in [-0.3, -0.25) is 14.8 Å². The second-order valence-corrected chi connectivity index (χ2v) is 9.37. The monoisotopic (exact) mass is 453 g/mol. The molecule has 0 aromatic heterocycles. The van der Waals surface area contributed by atoms with E-state index >= 15 is 0 Å². The number of hydrogen-bond acceptors (Lipinski definition) is 4. The van der Waals surface area contributed by atoms with Gasteiger partial charge in [0.05, 0.1) is 4.90 Å². The first-order valence-corrected chi connectivity index (χ1v) is 11.4. The van der Waals surface area contributed by atoms with Crippen LogP contribution in [-0.2, 0) is 10.0 Å². The van der Waals surface area contributed by atoms with Crippen LogP contribution in [0.5, 0.6) is 0 Å². The highest BCUT2D eigenvalue weighted by Gasteiger charge is 2.15. The highest BCUT2D eigenvalue weighted by Crippen LogP contribution is 2.20. The normalized spacial score (nSPS) is 10.9. The Morgan fingerprint density at radius 2 is 1.35 bits per heavy atom. The molecule has 0 unspecified atom stereocenters. The number of sulfonamides is 1. The summed E-state index contributed by atoms with van der Waals surface area (Å²) in [7, 11) is -3.73. The fourth-order valence-corrected chi connectivity index (χ4v) is 4.26. The minimum absolute atomic E-state index is 0.117. The van der Waals surface area contributed by atoms with Gasteiger partial charge in [-0.25, -0.2) is 8.42 Å². The number of carbonyl (C=O) groups excluding carboxylic acids is 1. The van der Waals surface area contributed by atoms with Crippen LogP contribution in [0.25, 0.3) is 0 Å². The molecule has 0 fully saturated rings. The van der Waals surface area contributed by atoms with Gasteiger partial charge in [-0.1, -0.05) is 23.8 Å². The first-order chi connectivity index (χ1) is 14.6. The third-order valence-electron chi connectivity index (χ3n) is 4.44. The molecule has 6 nitrogen and oxygen atoms in total. The van der Waals surface area contributed by atoms with Crippen LogP contribution in [0, 0.1) is 20.8 Å². The zero-order valence-corrected chi connectivity index (χ0v) is 19.0. The first kappa shape index (κ1) is 22.5. The van der Waals surface area contributed by atoms with Gasteiger partial charge in [0.15, 0.2) is 5.11 Å². The third kappa shape index (κ3) is 6.13. The molecule has 0 aliphatic heterocycles. The zero-order chi connectivity index (χ0) is 22.6. The summed E-state index contributed by atoms with van der Waals surface area (Å²) in [5.41, 5.74) is 4.56. The molecule has 0 spiro atoms. The van der Waals surface area contributed by atoms with E-state index in [0.717, 1.165) is 16.7 Å². The second kappa shape index (κ2) is 9.28. The third-order valence-corrected chi connectivity index (χ3v) is 6.04. The molecule has 0 bridgehead atoms. The Balaban J connectivity index is 1.64. The Kier molecular flexibility index (Phi) is 6.72. The van der Waals surface area contributed by atoms with Crippen molar-refractivity contribution in [1.82, 2.24) is 5.32 Å². The number of aryl methyl sites for hydroxylation is 3. The molecule has 0 atom stereocenters. The van der Waals surface area contributed by atoms with Crippen LogP contribution in [0.3, 0.4) is 0 Å². The van der Waals surface area contributed by atoms with Gasteiger partial charge < -0.3 is 5.32 Å². The summed E-state index contributed by atoms with van der Waals surface area (Å²) < 4.78 is 27.9. The molecule has 3 N–H and O–H groups in total. The van der Waals surface area contributed by atoms with E-state index in [1.54, 1.807) is 36.4 Å². The molecular weight excluding hydrogens is 430 g/mol. The maximum atomic E-state index is 12.7. The number of amides is 1. The lowest BCUT2D eigenvalue weighted by Crippen LogP contribution is -2.34. The number of nitrogens with one attached hydrogen (secondary N) is 3. The molecule has 0 heterocycles.